The molecule has 6 nitrogen and oxygen atoms in total. The molecule has 0 saturated heterocycles. The van der Waals surface area contributed by atoms with E-state index in [9.17, 15) is 23.3 Å². The first-order valence-corrected chi connectivity index (χ1v) is 16.4. The van der Waals surface area contributed by atoms with Gasteiger partial charge in [0.2, 0.25) is 10.0 Å². The summed E-state index contributed by atoms with van der Waals surface area (Å²) in [6.45, 7) is 15.3. The number of carbonyl (C=O) groups excluding carboxylic acids is 2. The van der Waals surface area contributed by atoms with Crippen LogP contribution in [0.1, 0.15) is 99.8 Å². The average Bonchev–Trinajstić information content (AvgIpc) is 2.78. The van der Waals surface area contributed by atoms with Crippen LogP contribution in [0.4, 0.5) is 0 Å². The lowest BCUT2D eigenvalue weighted by Crippen LogP contribution is -2.72. The summed E-state index contributed by atoms with van der Waals surface area (Å²) >= 11 is 0. The minimum atomic E-state index is -3.44. The third-order valence-corrected chi connectivity index (χ3v) is 13.6. The Morgan fingerprint density at radius 1 is 0.921 bits per heavy atom. The third-order valence-electron chi connectivity index (χ3n) is 12.9. The molecule has 8 atom stereocenters. The molecule has 5 aliphatic carbocycles. The van der Waals surface area contributed by atoms with Crippen molar-refractivity contribution in [2.45, 2.75) is 105 Å². The van der Waals surface area contributed by atoms with Crippen molar-refractivity contribution in [1.82, 2.24) is 4.72 Å². The Bertz CT molecular complexity index is 1270. The van der Waals surface area contributed by atoms with Gasteiger partial charge in [0.1, 0.15) is 11.9 Å². The number of sulfonamides is 1. The van der Waals surface area contributed by atoms with E-state index in [0.29, 0.717) is 6.42 Å². The normalized spacial score (nSPS) is 47.5. The molecule has 5 rings (SSSR count). The maximum atomic E-state index is 14.5. The summed E-state index contributed by atoms with van der Waals surface area (Å²) in [4.78, 5) is 27.7. The lowest BCUT2D eigenvalue weighted by atomic mass is 9.32. The molecular weight excluding hydrogens is 496 g/mol. The van der Waals surface area contributed by atoms with E-state index < -0.39 is 26.4 Å². The van der Waals surface area contributed by atoms with Crippen LogP contribution in [0.25, 0.3) is 0 Å². The minimum absolute atomic E-state index is 0.0326. The zero-order chi connectivity index (χ0) is 28.3. The second kappa shape index (κ2) is 8.03. The predicted molar refractivity (Wildman–Crippen MR) is 147 cm³/mol. The number of nitrogens with zero attached hydrogens (tertiary/aromatic N) is 1. The molecular formula is C31H46N2O4S. The fourth-order valence-corrected chi connectivity index (χ4v) is 12.0. The van der Waals surface area contributed by atoms with Gasteiger partial charge < -0.3 is 0 Å². The molecule has 4 saturated carbocycles. The summed E-state index contributed by atoms with van der Waals surface area (Å²) in [5, 5.41) is 9.89. The zero-order valence-corrected chi connectivity index (χ0v) is 25.3. The van der Waals surface area contributed by atoms with Crippen LogP contribution in [0.15, 0.2) is 11.6 Å². The number of ketones is 2. The monoisotopic (exact) mass is 542 g/mol. The molecule has 0 aliphatic heterocycles. The topological polar surface area (TPSA) is 104 Å². The number of allylic oxidation sites excluding steroid dienone is 2. The van der Waals surface area contributed by atoms with Crippen molar-refractivity contribution in [3.63, 3.8) is 0 Å². The van der Waals surface area contributed by atoms with Crippen molar-refractivity contribution in [2.75, 3.05) is 6.26 Å². The number of hydrogen-bond acceptors (Lipinski definition) is 5. The molecule has 0 aromatic heterocycles. The van der Waals surface area contributed by atoms with Crippen LogP contribution in [-0.2, 0) is 19.6 Å². The van der Waals surface area contributed by atoms with Crippen LogP contribution in [0.3, 0.4) is 0 Å². The summed E-state index contributed by atoms with van der Waals surface area (Å²) in [5.74, 6) is 0.0461. The fraction of sp³-hybridized carbons (Fsp3) is 0.839. The molecule has 38 heavy (non-hydrogen) atoms. The van der Waals surface area contributed by atoms with Gasteiger partial charge in [-0.15, -0.1) is 0 Å². The van der Waals surface area contributed by atoms with E-state index in [0.717, 1.165) is 44.9 Å². The summed E-state index contributed by atoms with van der Waals surface area (Å²) in [6, 6.07) is 2.19. The molecule has 0 amide bonds. The number of carbonyl (C=O) groups is 2. The van der Waals surface area contributed by atoms with Gasteiger partial charge in [0, 0.05) is 23.3 Å². The Kier molecular flexibility index (Phi) is 5.92. The smallest absolute Gasteiger partial charge is 0.209 e. The van der Waals surface area contributed by atoms with Crippen LogP contribution >= 0.6 is 0 Å². The number of nitriles is 1. The van der Waals surface area contributed by atoms with Gasteiger partial charge in [-0.05, 0) is 84.4 Å². The molecule has 7 heteroatoms. The highest BCUT2D eigenvalue weighted by atomic mass is 32.2. The van der Waals surface area contributed by atoms with Gasteiger partial charge in [-0.25, -0.2) is 13.1 Å². The Balaban J connectivity index is 1.64. The Morgan fingerprint density at radius 2 is 1.55 bits per heavy atom. The van der Waals surface area contributed by atoms with Gasteiger partial charge in [0.15, 0.2) is 5.78 Å². The van der Waals surface area contributed by atoms with Gasteiger partial charge in [-0.1, -0.05) is 54.5 Å². The quantitative estimate of drug-likeness (QED) is 0.490. The van der Waals surface area contributed by atoms with Gasteiger partial charge in [0.25, 0.3) is 0 Å². The first-order valence-electron chi connectivity index (χ1n) is 14.5. The van der Waals surface area contributed by atoms with Crippen LogP contribution in [0.5, 0.6) is 0 Å². The highest BCUT2D eigenvalue weighted by Gasteiger charge is 2.72. The van der Waals surface area contributed by atoms with Crippen LogP contribution in [-0.4, -0.2) is 31.8 Å². The lowest BCUT2D eigenvalue weighted by Gasteiger charge is -2.72. The van der Waals surface area contributed by atoms with Gasteiger partial charge in [-0.3, -0.25) is 9.59 Å². The van der Waals surface area contributed by atoms with E-state index in [-0.39, 0.29) is 57.1 Å². The van der Waals surface area contributed by atoms with E-state index in [1.165, 1.54) is 6.26 Å². The summed E-state index contributed by atoms with van der Waals surface area (Å²) in [7, 11) is -3.44. The number of hydrogen-bond donors (Lipinski definition) is 1. The largest absolute Gasteiger partial charge is 0.299 e. The maximum absolute atomic E-state index is 14.5. The van der Waals surface area contributed by atoms with E-state index in [2.05, 4.69) is 45.4 Å². The number of fused-ring (bicyclic) bond motifs is 7. The van der Waals surface area contributed by atoms with Crippen molar-refractivity contribution in [3.05, 3.63) is 11.6 Å². The predicted octanol–water partition coefficient (Wildman–Crippen LogP) is 5.59. The van der Waals surface area contributed by atoms with Crippen LogP contribution < -0.4 is 4.72 Å². The molecule has 0 aromatic carbocycles. The highest BCUT2D eigenvalue weighted by molar-refractivity contribution is 7.88. The molecule has 0 spiro atoms. The highest BCUT2D eigenvalue weighted by Crippen LogP contribution is 2.74. The third kappa shape index (κ3) is 3.61. The molecule has 0 aromatic rings. The van der Waals surface area contributed by atoms with Crippen molar-refractivity contribution >= 4 is 21.6 Å². The molecule has 210 valence electrons. The van der Waals surface area contributed by atoms with Crippen molar-refractivity contribution in [3.8, 4) is 6.07 Å². The summed E-state index contributed by atoms with van der Waals surface area (Å²) in [6.07, 6.45) is 9.52. The second-order valence-corrected chi connectivity index (χ2v) is 17.5. The zero-order valence-electron chi connectivity index (χ0n) is 24.5. The molecule has 0 unspecified atom stereocenters. The van der Waals surface area contributed by atoms with Crippen molar-refractivity contribution in [1.29, 1.82) is 5.26 Å². The summed E-state index contributed by atoms with van der Waals surface area (Å²) < 4.78 is 28.3. The number of Topliss-reactive ketones (excluding diaryl/α,β-unsaturated/α-hetero) is 2. The Hall–Kier alpha value is -1.52. The SMILES string of the molecule is CC1(C)CC[C@]2(NS(C)(=O)=O)CC[C@]3(C)[C@H](C(=O)C[C@@H]4[C@@]5(C)C=C(C#N)C(=O)C(C)(C)[C@@H]5CC[C@]43C)[C@H]2C1. The van der Waals surface area contributed by atoms with Gasteiger partial charge >= 0.3 is 0 Å². The van der Waals surface area contributed by atoms with Gasteiger partial charge in [0.05, 0.1) is 11.8 Å². The molecule has 0 radical (unpaired) electrons. The van der Waals surface area contributed by atoms with E-state index in [4.69, 9.17) is 0 Å². The average molecular weight is 543 g/mol. The van der Waals surface area contributed by atoms with E-state index >= 15 is 0 Å². The molecule has 0 bridgehead atoms. The van der Waals surface area contributed by atoms with Crippen LogP contribution in [0, 0.1) is 62.1 Å². The maximum Gasteiger partial charge on any atom is 0.209 e. The lowest BCUT2D eigenvalue weighted by molar-refractivity contribution is -0.214. The van der Waals surface area contributed by atoms with Gasteiger partial charge in [-0.2, -0.15) is 5.26 Å². The number of nitrogens with one attached hydrogen (secondary N) is 1. The van der Waals surface area contributed by atoms with Crippen molar-refractivity contribution < 1.29 is 18.0 Å². The minimum Gasteiger partial charge on any atom is -0.299 e. The van der Waals surface area contributed by atoms with Crippen molar-refractivity contribution in [2.24, 2.45) is 50.7 Å². The molecule has 4 fully saturated rings. The Labute approximate surface area is 229 Å². The number of rotatable bonds is 2. The second-order valence-electron chi connectivity index (χ2n) is 15.7. The molecule has 0 heterocycles. The summed E-state index contributed by atoms with van der Waals surface area (Å²) in [5.41, 5.74) is -1.80. The Morgan fingerprint density at radius 3 is 2.16 bits per heavy atom. The standard InChI is InChI=1S/C31H46N2O4S/c1-26(2)11-13-31(33-38(8,36)37)14-12-30(7)24(20(31)17-26)21(34)15-23-28(5)16-19(18-32)25(35)27(3,4)22(28)9-10-29(23,30)6/h16,20,22-24,33H,9-15,17H2,1-8H3/t20-,22+,23-,24+,28+,29-,30-,31+/m1/s1. The fourth-order valence-electron chi connectivity index (χ4n) is 10.9. The van der Waals surface area contributed by atoms with Crippen LogP contribution in [0.2, 0.25) is 0 Å². The molecule has 1 N–H and O–H groups in total. The first kappa shape index (κ1) is 28.0. The molecule has 5 aliphatic rings. The first-order chi connectivity index (χ1) is 17.3. The van der Waals surface area contributed by atoms with E-state index in [1.54, 1.807) is 0 Å². The van der Waals surface area contributed by atoms with E-state index in [1.807, 2.05) is 19.9 Å².